The largest absolute Gasteiger partial charge is 0.352 e. The van der Waals surface area contributed by atoms with Crippen molar-refractivity contribution < 1.29 is 9.59 Å². The fraction of sp³-hybridized carbons (Fsp3) is 0.625. The second kappa shape index (κ2) is 5.91. The Kier molecular flexibility index (Phi) is 3.86. The van der Waals surface area contributed by atoms with Gasteiger partial charge in [-0.25, -0.2) is 4.98 Å². The van der Waals surface area contributed by atoms with Crippen molar-refractivity contribution in [3.8, 4) is 0 Å². The van der Waals surface area contributed by atoms with Gasteiger partial charge in [-0.05, 0) is 13.3 Å². The number of aromatic nitrogens is 2. The molecule has 3 fully saturated rings. The zero-order chi connectivity index (χ0) is 16.7. The first-order chi connectivity index (χ1) is 11.6. The molecule has 2 amide bonds. The molecule has 0 radical (unpaired) electrons. The molecule has 3 saturated heterocycles. The van der Waals surface area contributed by atoms with E-state index in [0.717, 1.165) is 25.3 Å². The fourth-order valence-electron chi connectivity index (χ4n) is 3.82. The van der Waals surface area contributed by atoms with Gasteiger partial charge in [-0.3, -0.25) is 14.6 Å². The zero-order valence-corrected chi connectivity index (χ0v) is 14.5. The third-order valence-corrected chi connectivity index (χ3v) is 6.70. The van der Waals surface area contributed by atoms with Crippen LogP contribution in [0.15, 0.2) is 18.6 Å². The molecule has 0 aliphatic carbocycles. The summed E-state index contributed by atoms with van der Waals surface area (Å²) in [6.07, 6.45) is 6.50. The summed E-state index contributed by atoms with van der Waals surface area (Å²) >= 11 is 1.75. The van der Waals surface area contributed by atoms with Crippen LogP contribution >= 0.6 is 11.8 Å². The predicted molar refractivity (Wildman–Crippen MR) is 91.6 cm³/mol. The van der Waals surface area contributed by atoms with Gasteiger partial charge >= 0.3 is 0 Å². The van der Waals surface area contributed by atoms with Crippen LogP contribution in [0.5, 0.6) is 0 Å². The number of fused-ring (bicyclic) bond motifs is 1. The number of anilines is 1. The van der Waals surface area contributed by atoms with E-state index in [9.17, 15) is 9.59 Å². The summed E-state index contributed by atoms with van der Waals surface area (Å²) < 4.78 is 0. The molecule has 4 heterocycles. The third-order valence-electron chi connectivity index (χ3n) is 5.19. The molecule has 3 aliphatic rings. The quantitative estimate of drug-likeness (QED) is 0.779. The van der Waals surface area contributed by atoms with E-state index in [1.807, 2.05) is 9.80 Å². The number of hydrogen-bond acceptors (Lipinski definition) is 6. The topological polar surface area (TPSA) is 69.6 Å². The lowest BCUT2D eigenvalue weighted by atomic mass is 10.2. The molecule has 1 aromatic heterocycles. The van der Waals surface area contributed by atoms with Crippen LogP contribution in [-0.4, -0.2) is 74.4 Å². The van der Waals surface area contributed by atoms with Gasteiger partial charge in [0.1, 0.15) is 11.9 Å². The van der Waals surface area contributed by atoms with Crippen LogP contribution in [0.3, 0.4) is 0 Å². The Morgan fingerprint density at radius 2 is 2.08 bits per heavy atom. The number of nitrogens with zero attached hydrogens (tertiary/aromatic N) is 5. The van der Waals surface area contributed by atoms with E-state index in [1.54, 1.807) is 30.4 Å². The van der Waals surface area contributed by atoms with E-state index in [4.69, 9.17) is 0 Å². The van der Waals surface area contributed by atoms with Crippen LogP contribution in [0, 0.1) is 0 Å². The molecule has 128 valence electrons. The summed E-state index contributed by atoms with van der Waals surface area (Å²) in [5, 5.41) is 0. The third kappa shape index (κ3) is 2.53. The van der Waals surface area contributed by atoms with Crippen LogP contribution in [0.1, 0.15) is 19.8 Å². The Balaban J connectivity index is 1.41. The molecule has 8 heteroatoms. The first kappa shape index (κ1) is 15.7. The molecule has 7 nitrogen and oxygen atoms in total. The van der Waals surface area contributed by atoms with Crippen molar-refractivity contribution in [3.63, 3.8) is 0 Å². The van der Waals surface area contributed by atoms with Gasteiger partial charge in [0.25, 0.3) is 0 Å². The molecule has 0 unspecified atom stereocenters. The van der Waals surface area contributed by atoms with Crippen molar-refractivity contribution in [3.05, 3.63) is 18.6 Å². The Labute approximate surface area is 145 Å². The maximum Gasteiger partial charge on any atom is 0.246 e. The first-order valence-electron chi connectivity index (χ1n) is 8.34. The van der Waals surface area contributed by atoms with E-state index in [1.165, 1.54) is 0 Å². The average Bonchev–Trinajstić information content (AvgIpc) is 3.11. The summed E-state index contributed by atoms with van der Waals surface area (Å²) in [7, 11) is 0. The minimum absolute atomic E-state index is 0.0975. The highest BCUT2D eigenvalue weighted by Gasteiger charge is 2.53. The van der Waals surface area contributed by atoms with Crippen LogP contribution in [0.4, 0.5) is 5.82 Å². The summed E-state index contributed by atoms with van der Waals surface area (Å²) in [6, 6.07) is -0.293. The van der Waals surface area contributed by atoms with Crippen LogP contribution in [0.2, 0.25) is 0 Å². The van der Waals surface area contributed by atoms with Crippen LogP contribution in [0.25, 0.3) is 0 Å². The van der Waals surface area contributed by atoms with Crippen molar-refractivity contribution >= 4 is 29.4 Å². The minimum atomic E-state index is -0.293. The molecule has 0 saturated carbocycles. The molecule has 0 aromatic carbocycles. The molecular formula is C16H21N5O2S. The van der Waals surface area contributed by atoms with Gasteiger partial charge < -0.3 is 14.7 Å². The van der Waals surface area contributed by atoms with Crippen molar-refractivity contribution in [2.75, 3.05) is 36.8 Å². The van der Waals surface area contributed by atoms with Gasteiger partial charge in [0, 0.05) is 50.7 Å². The van der Waals surface area contributed by atoms with Crippen molar-refractivity contribution in [1.29, 1.82) is 0 Å². The lowest BCUT2D eigenvalue weighted by Crippen LogP contribution is -2.56. The molecule has 4 rings (SSSR count). The number of thioether (sulfide) groups is 1. The first-order valence-corrected chi connectivity index (χ1v) is 9.33. The lowest BCUT2D eigenvalue weighted by molar-refractivity contribution is -0.143. The molecule has 1 aromatic rings. The maximum atomic E-state index is 12.9. The van der Waals surface area contributed by atoms with E-state index in [0.29, 0.717) is 25.3 Å². The Morgan fingerprint density at radius 1 is 1.29 bits per heavy atom. The van der Waals surface area contributed by atoms with Gasteiger partial charge in [-0.15, -0.1) is 11.8 Å². The molecular weight excluding hydrogens is 326 g/mol. The number of amides is 2. The number of piperazine rings is 1. The number of carbonyl (C=O) groups is 2. The smallest absolute Gasteiger partial charge is 0.246 e. The van der Waals surface area contributed by atoms with E-state index >= 15 is 0 Å². The minimum Gasteiger partial charge on any atom is -0.352 e. The highest BCUT2D eigenvalue weighted by atomic mass is 32.2. The number of hydrogen-bond donors (Lipinski definition) is 0. The summed E-state index contributed by atoms with van der Waals surface area (Å²) in [5.74, 6) is 1.79. The molecule has 0 N–H and O–H groups in total. The van der Waals surface area contributed by atoms with E-state index in [2.05, 4.69) is 21.8 Å². The molecule has 0 bridgehead atoms. The Hall–Kier alpha value is -1.83. The fourth-order valence-corrected chi connectivity index (χ4v) is 5.25. The SMILES string of the molecule is C[C@]12CCC(=O)N1[C@@H](C(=O)N1CCN(c3cnccn3)CC1)CS2. The monoisotopic (exact) mass is 347 g/mol. The molecule has 2 atom stereocenters. The van der Waals surface area contributed by atoms with E-state index < -0.39 is 0 Å². The predicted octanol–water partition coefficient (Wildman–Crippen LogP) is 0.579. The Bertz CT molecular complexity index is 649. The summed E-state index contributed by atoms with van der Waals surface area (Å²) in [4.78, 5) is 39.3. The lowest BCUT2D eigenvalue weighted by Gasteiger charge is -2.38. The summed E-state index contributed by atoms with van der Waals surface area (Å²) in [5.41, 5.74) is 0. The van der Waals surface area contributed by atoms with Gasteiger partial charge in [0.15, 0.2) is 0 Å². The van der Waals surface area contributed by atoms with Crippen molar-refractivity contribution in [1.82, 2.24) is 19.8 Å². The highest BCUT2D eigenvalue weighted by molar-refractivity contribution is 8.01. The van der Waals surface area contributed by atoms with Crippen LogP contribution < -0.4 is 4.90 Å². The maximum absolute atomic E-state index is 12.9. The number of rotatable bonds is 2. The van der Waals surface area contributed by atoms with Crippen LogP contribution in [-0.2, 0) is 9.59 Å². The van der Waals surface area contributed by atoms with Crippen molar-refractivity contribution in [2.45, 2.75) is 30.7 Å². The van der Waals surface area contributed by atoms with Gasteiger partial charge in [0.2, 0.25) is 11.8 Å². The number of carbonyl (C=O) groups excluding carboxylic acids is 2. The Morgan fingerprint density at radius 3 is 2.79 bits per heavy atom. The van der Waals surface area contributed by atoms with Gasteiger partial charge in [-0.2, -0.15) is 0 Å². The van der Waals surface area contributed by atoms with Gasteiger partial charge in [-0.1, -0.05) is 0 Å². The van der Waals surface area contributed by atoms with Crippen molar-refractivity contribution in [2.24, 2.45) is 0 Å². The summed E-state index contributed by atoms with van der Waals surface area (Å²) in [6.45, 7) is 4.90. The average molecular weight is 347 g/mol. The zero-order valence-electron chi connectivity index (χ0n) is 13.7. The molecule has 3 aliphatic heterocycles. The standard InChI is InChI=1S/C16H21N5O2S/c1-16-3-2-14(22)21(16)12(11-24-16)15(23)20-8-6-19(7-9-20)13-10-17-4-5-18-13/h4-5,10,12H,2-3,6-9,11H2,1H3/t12-,16+/m1/s1. The van der Waals surface area contributed by atoms with Gasteiger partial charge in [0.05, 0.1) is 11.1 Å². The second-order valence-corrected chi connectivity index (χ2v) is 8.14. The highest BCUT2D eigenvalue weighted by Crippen LogP contribution is 2.47. The molecule has 24 heavy (non-hydrogen) atoms. The van der Waals surface area contributed by atoms with E-state index in [-0.39, 0.29) is 22.7 Å². The molecule has 0 spiro atoms. The normalized spacial score (nSPS) is 30.0. The second-order valence-electron chi connectivity index (χ2n) is 6.64.